The first-order valence-corrected chi connectivity index (χ1v) is 7.49. The van der Waals surface area contributed by atoms with Gasteiger partial charge in [-0.1, -0.05) is 40.5 Å². The fraction of sp³-hybridized carbons (Fsp3) is 0.800. The maximum atomic E-state index is 5.49. The number of aromatic nitrogens is 2. The van der Waals surface area contributed by atoms with Crippen molar-refractivity contribution in [2.24, 2.45) is 0 Å². The Labute approximate surface area is 117 Å². The van der Waals surface area contributed by atoms with Crippen molar-refractivity contribution in [3.8, 4) is 5.75 Å². The van der Waals surface area contributed by atoms with Gasteiger partial charge in [-0.05, 0) is 12.8 Å². The predicted octanol–water partition coefficient (Wildman–Crippen LogP) is 3.53. The minimum atomic E-state index is 0.323. The summed E-state index contributed by atoms with van der Waals surface area (Å²) in [6.45, 7) is 9.72. The molecule has 19 heavy (non-hydrogen) atoms. The highest BCUT2D eigenvalue weighted by Crippen LogP contribution is 2.29. The quantitative estimate of drug-likeness (QED) is 0.744. The number of nitrogens with zero attached hydrogens (tertiary/aromatic N) is 2. The zero-order chi connectivity index (χ0) is 14.3. The van der Waals surface area contributed by atoms with E-state index >= 15 is 0 Å². The molecule has 4 nitrogen and oxygen atoms in total. The lowest BCUT2D eigenvalue weighted by atomic mass is 10.0. The van der Waals surface area contributed by atoms with Crippen molar-refractivity contribution in [1.29, 1.82) is 0 Å². The Kier molecular flexibility index (Phi) is 6.92. The van der Waals surface area contributed by atoms with Crippen molar-refractivity contribution >= 4 is 0 Å². The lowest BCUT2D eigenvalue weighted by molar-refractivity contribution is 0.368. The summed E-state index contributed by atoms with van der Waals surface area (Å²) >= 11 is 0. The van der Waals surface area contributed by atoms with Crippen LogP contribution in [0, 0.1) is 0 Å². The van der Waals surface area contributed by atoms with Crippen molar-refractivity contribution in [2.45, 2.75) is 72.0 Å². The molecule has 0 aliphatic rings. The molecule has 0 aliphatic carbocycles. The van der Waals surface area contributed by atoms with E-state index in [1.54, 1.807) is 7.11 Å². The van der Waals surface area contributed by atoms with Crippen LogP contribution in [0.3, 0.4) is 0 Å². The van der Waals surface area contributed by atoms with Gasteiger partial charge in [-0.2, -0.15) is 5.10 Å². The minimum Gasteiger partial charge on any atom is -0.493 e. The van der Waals surface area contributed by atoms with Gasteiger partial charge in [0.1, 0.15) is 0 Å². The third-order valence-corrected chi connectivity index (χ3v) is 3.21. The standard InChI is InChI=1S/C15H29N3O/c1-6-8-9-13(17-12(3)4)15-14(19-5)11-16-18(15)10-7-2/h11-13,17H,6-10H2,1-5H3. The second kappa shape index (κ2) is 8.20. The van der Waals surface area contributed by atoms with Crippen LogP contribution in [0.15, 0.2) is 6.20 Å². The molecule has 0 amide bonds. The molecule has 1 heterocycles. The van der Waals surface area contributed by atoms with Gasteiger partial charge in [0.05, 0.1) is 25.0 Å². The molecular weight excluding hydrogens is 238 g/mol. The summed E-state index contributed by atoms with van der Waals surface area (Å²) in [7, 11) is 1.73. The Morgan fingerprint density at radius 3 is 2.58 bits per heavy atom. The van der Waals surface area contributed by atoms with Crippen LogP contribution in [0.4, 0.5) is 0 Å². The van der Waals surface area contributed by atoms with Gasteiger partial charge in [-0.3, -0.25) is 4.68 Å². The molecule has 0 spiro atoms. The van der Waals surface area contributed by atoms with Gasteiger partial charge in [-0.15, -0.1) is 0 Å². The molecular formula is C15H29N3O. The summed E-state index contributed by atoms with van der Waals surface area (Å²) in [5.41, 5.74) is 1.20. The van der Waals surface area contributed by atoms with E-state index in [1.165, 1.54) is 18.5 Å². The van der Waals surface area contributed by atoms with Crippen molar-refractivity contribution in [3.63, 3.8) is 0 Å². The number of aryl methyl sites for hydroxylation is 1. The van der Waals surface area contributed by atoms with E-state index in [4.69, 9.17) is 4.74 Å². The van der Waals surface area contributed by atoms with E-state index < -0.39 is 0 Å². The maximum absolute atomic E-state index is 5.49. The summed E-state index contributed by atoms with van der Waals surface area (Å²) in [6.07, 6.45) is 6.47. The summed E-state index contributed by atoms with van der Waals surface area (Å²) in [5.74, 6) is 0.905. The Hall–Kier alpha value is -1.03. The number of rotatable bonds is 9. The molecule has 1 unspecified atom stereocenters. The van der Waals surface area contributed by atoms with Crippen molar-refractivity contribution in [3.05, 3.63) is 11.9 Å². The third-order valence-electron chi connectivity index (χ3n) is 3.21. The Morgan fingerprint density at radius 1 is 1.32 bits per heavy atom. The lowest BCUT2D eigenvalue weighted by Gasteiger charge is -2.23. The molecule has 1 atom stereocenters. The van der Waals surface area contributed by atoms with Gasteiger partial charge >= 0.3 is 0 Å². The number of hydrogen-bond acceptors (Lipinski definition) is 3. The first-order valence-electron chi connectivity index (χ1n) is 7.49. The molecule has 0 aromatic carbocycles. The van der Waals surface area contributed by atoms with Crippen LogP contribution in [0.2, 0.25) is 0 Å². The Balaban J connectivity index is 2.99. The summed E-state index contributed by atoms with van der Waals surface area (Å²) < 4.78 is 7.58. The first kappa shape index (κ1) is 16.0. The highest BCUT2D eigenvalue weighted by atomic mass is 16.5. The second-order valence-corrected chi connectivity index (χ2v) is 5.34. The highest BCUT2D eigenvalue weighted by Gasteiger charge is 2.21. The lowest BCUT2D eigenvalue weighted by Crippen LogP contribution is -2.30. The molecule has 0 aliphatic heterocycles. The van der Waals surface area contributed by atoms with Gasteiger partial charge in [0.15, 0.2) is 5.75 Å². The van der Waals surface area contributed by atoms with Crippen LogP contribution < -0.4 is 10.1 Å². The van der Waals surface area contributed by atoms with Crippen molar-refractivity contribution in [2.75, 3.05) is 7.11 Å². The zero-order valence-corrected chi connectivity index (χ0v) is 13.1. The maximum Gasteiger partial charge on any atom is 0.161 e. The third kappa shape index (κ3) is 4.53. The summed E-state index contributed by atoms with van der Waals surface area (Å²) in [6, 6.07) is 0.778. The number of methoxy groups -OCH3 is 1. The van der Waals surface area contributed by atoms with Crippen LogP contribution in [-0.2, 0) is 6.54 Å². The van der Waals surface area contributed by atoms with Crippen molar-refractivity contribution in [1.82, 2.24) is 15.1 Å². The van der Waals surface area contributed by atoms with Gasteiger partial charge in [0.25, 0.3) is 0 Å². The van der Waals surface area contributed by atoms with Crippen LogP contribution in [0.25, 0.3) is 0 Å². The average molecular weight is 267 g/mol. The SMILES string of the molecule is CCCCC(NC(C)C)c1c(OC)cnn1CCC. The fourth-order valence-electron chi connectivity index (χ4n) is 2.39. The van der Waals surface area contributed by atoms with E-state index in [1.807, 2.05) is 6.20 Å². The Bertz CT molecular complexity index is 360. The van der Waals surface area contributed by atoms with E-state index in [2.05, 4.69) is 42.8 Å². The molecule has 1 N–H and O–H groups in total. The molecule has 0 fully saturated rings. The second-order valence-electron chi connectivity index (χ2n) is 5.34. The zero-order valence-electron chi connectivity index (χ0n) is 13.1. The topological polar surface area (TPSA) is 39.1 Å². The normalized spacial score (nSPS) is 12.9. The van der Waals surface area contributed by atoms with E-state index in [0.29, 0.717) is 12.1 Å². The molecule has 0 saturated heterocycles. The highest BCUT2D eigenvalue weighted by molar-refractivity contribution is 5.28. The van der Waals surface area contributed by atoms with E-state index in [9.17, 15) is 0 Å². The molecule has 0 saturated carbocycles. The first-order chi connectivity index (χ1) is 9.13. The monoisotopic (exact) mass is 267 g/mol. The van der Waals surface area contributed by atoms with E-state index in [0.717, 1.165) is 25.1 Å². The van der Waals surface area contributed by atoms with Gasteiger partial charge in [0.2, 0.25) is 0 Å². The molecule has 4 heteroatoms. The number of hydrogen-bond donors (Lipinski definition) is 1. The predicted molar refractivity (Wildman–Crippen MR) is 79.6 cm³/mol. The molecule has 1 aromatic heterocycles. The number of ether oxygens (including phenoxy) is 1. The molecule has 1 rings (SSSR count). The number of nitrogens with one attached hydrogen (secondary N) is 1. The van der Waals surface area contributed by atoms with Crippen LogP contribution in [0.5, 0.6) is 5.75 Å². The van der Waals surface area contributed by atoms with Crippen molar-refractivity contribution < 1.29 is 4.74 Å². The smallest absolute Gasteiger partial charge is 0.161 e. The largest absolute Gasteiger partial charge is 0.493 e. The molecule has 110 valence electrons. The van der Waals surface area contributed by atoms with Crippen LogP contribution in [0.1, 0.15) is 65.1 Å². The molecule has 0 radical (unpaired) electrons. The number of unbranched alkanes of at least 4 members (excludes halogenated alkanes) is 1. The van der Waals surface area contributed by atoms with Crippen LogP contribution in [-0.4, -0.2) is 22.9 Å². The average Bonchev–Trinajstić information content (AvgIpc) is 2.77. The van der Waals surface area contributed by atoms with Gasteiger partial charge in [-0.25, -0.2) is 0 Å². The van der Waals surface area contributed by atoms with Gasteiger partial charge < -0.3 is 10.1 Å². The van der Waals surface area contributed by atoms with E-state index in [-0.39, 0.29) is 0 Å². The summed E-state index contributed by atoms with van der Waals surface area (Å²) in [5, 5.41) is 8.11. The summed E-state index contributed by atoms with van der Waals surface area (Å²) in [4.78, 5) is 0. The van der Waals surface area contributed by atoms with Gasteiger partial charge in [0, 0.05) is 12.6 Å². The Morgan fingerprint density at radius 2 is 2.05 bits per heavy atom. The fourth-order valence-corrected chi connectivity index (χ4v) is 2.39. The minimum absolute atomic E-state index is 0.323. The van der Waals surface area contributed by atoms with Crippen LogP contribution >= 0.6 is 0 Å². The molecule has 0 bridgehead atoms. The molecule has 1 aromatic rings.